The number of likely N-dealkylation sites (tertiary alicyclic amines) is 1. The molecule has 2 saturated heterocycles. The Labute approximate surface area is 286 Å². The average Bonchev–Trinajstić information content (AvgIpc) is 3.47. The van der Waals surface area contributed by atoms with Crippen LogP contribution in [0.15, 0.2) is 78.4 Å². The molecule has 2 heterocycles. The summed E-state index contributed by atoms with van der Waals surface area (Å²) in [4.78, 5) is 71.3. The van der Waals surface area contributed by atoms with Gasteiger partial charge in [-0.25, -0.2) is 4.90 Å². The number of fused-ring (bicyclic) bond motifs is 4. The predicted octanol–water partition coefficient (Wildman–Crippen LogP) is 4.70. The zero-order chi connectivity index (χ0) is 34.8. The van der Waals surface area contributed by atoms with Gasteiger partial charge in [0.05, 0.1) is 49.5 Å². The van der Waals surface area contributed by atoms with Gasteiger partial charge in [0.15, 0.2) is 0 Å². The molecule has 0 aromatic heterocycles. The number of anilines is 1. The molecular formula is C37H33ClN2O9. The summed E-state index contributed by atoms with van der Waals surface area (Å²) in [6.07, 6.45) is 1.65. The number of allylic oxidation sites excluding steroid dienone is 2. The van der Waals surface area contributed by atoms with Crippen molar-refractivity contribution in [2.75, 3.05) is 25.7 Å². The minimum Gasteiger partial charge on any atom is -0.507 e. The fourth-order valence-corrected chi connectivity index (χ4v) is 8.90. The first-order chi connectivity index (χ1) is 23.5. The summed E-state index contributed by atoms with van der Waals surface area (Å²) >= 11 is 6.36. The third kappa shape index (κ3) is 4.74. The molecule has 3 aromatic rings. The van der Waals surface area contributed by atoms with Gasteiger partial charge in [-0.1, -0.05) is 59.6 Å². The minimum atomic E-state index is -1.62. The SMILES string of the molecule is COc1cc(O)c(C2C3=CCC4C(=O)N(CCC(=O)O)C(=O)C4C3CC3C(=O)N(c4cccc(Cl)c4)C(=O)C32c2ccccc2)c(OC)c1. The van der Waals surface area contributed by atoms with Gasteiger partial charge in [-0.05, 0) is 42.5 Å². The van der Waals surface area contributed by atoms with Crippen LogP contribution in [0.25, 0.3) is 0 Å². The van der Waals surface area contributed by atoms with Crippen LogP contribution >= 0.6 is 11.6 Å². The average molecular weight is 685 g/mol. The van der Waals surface area contributed by atoms with E-state index >= 15 is 4.79 Å². The number of hydrogen-bond donors (Lipinski definition) is 2. The number of amides is 4. The number of halogens is 1. The Morgan fingerprint density at radius 2 is 1.69 bits per heavy atom. The normalized spacial score (nSPS) is 27.4. The smallest absolute Gasteiger partial charge is 0.305 e. The molecule has 2 aliphatic heterocycles. The lowest BCUT2D eigenvalue weighted by atomic mass is 9.49. The van der Waals surface area contributed by atoms with Crippen molar-refractivity contribution in [3.63, 3.8) is 0 Å². The number of carboxylic acid groups (broad SMARTS) is 1. The first-order valence-corrected chi connectivity index (χ1v) is 16.3. The number of hydrogen-bond acceptors (Lipinski definition) is 8. The van der Waals surface area contributed by atoms with Crippen molar-refractivity contribution in [2.45, 2.75) is 30.6 Å². The van der Waals surface area contributed by atoms with Crippen LogP contribution in [0, 0.1) is 23.7 Å². The molecule has 252 valence electrons. The van der Waals surface area contributed by atoms with Gasteiger partial charge >= 0.3 is 5.97 Å². The summed E-state index contributed by atoms with van der Waals surface area (Å²) in [6.45, 7) is -0.268. The van der Waals surface area contributed by atoms with Crippen LogP contribution in [0.2, 0.25) is 5.02 Å². The number of carboxylic acids is 1. The van der Waals surface area contributed by atoms with Gasteiger partial charge in [-0.15, -0.1) is 0 Å². The van der Waals surface area contributed by atoms with E-state index in [1.54, 1.807) is 54.6 Å². The predicted molar refractivity (Wildman–Crippen MR) is 176 cm³/mol. The molecule has 6 unspecified atom stereocenters. The van der Waals surface area contributed by atoms with Crippen LogP contribution < -0.4 is 14.4 Å². The van der Waals surface area contributed by atoms with E-state index < -0.39 is 71.0 Å². The third-order valence-corrected chi connectivity index (χ3v) is 10.9. The lowest BCUT2D eigenvalue weighted by Crippen LogP contribution is -2.53. The van der Waals surface area contributed by atoms with Crippen LogP contribution in [0.5, 0.6) is 17.2 Å². The van der Waals surface area contributed by atoms with Gasteiger partial charge in [0.25, 0.3) is 0 Å². The van der Waals surface area contributed by atoms with E-state index in [0.717, 1.165) is 9.80 Å². The van der Waals surface area contributed by atoms with E-state index in [1.165, 1.54) is 26.4 Å². The Kier molecular flexibility index (Phi) is 7.98. The van der Waals surface area contributed by atoms with Crippen LogP contribution in [0.3, 0.4) is 0 Å². The first-order valence-electron chi connectivity index (χ1n) is 16.0. The Balaban J connectivity index is 1.50. The number of carbonyl (C=O) groups excluding carboxylic acids is 4. The van der Waals surface area contributed by atoms with Crippen molar-refractivity contribution < 1.29 is 43.7 Å². The molecule has 49 heavy (non-hydrogen) atoms. The zero-order valence-corrected chi connectivity index (χ0v) is 27.4. The van der Waals surface area contributed by atoms with E-state index in [1.807, 2.05) is 6.08 Å². The van der Waals surface area contributed by atoms with Crippen molar-refractivity contribution in [2.24, 2.45) is 23.7 Å². The summed E-state index contributed by atoms with van der Waals surface area (Å²) in [5.74, 6) is -7.30. The lowest BCUT2D eigenvalue weighted by Gasteiger charge is -2.51. The minimum absolute atomic E-state index is 0.0467. The van der Waals surface area contributed by atoms with Crippen molar-refractivity contribution in [1.29, 1.82) is 0 Å². The molecule has 3 aromatic carbocycles. The number of benzene rings is 3. The van der Waals surface area contributed by atoms with Gasteiger partial charge in [0, 0.05) is 35.2 Å². The Hall–Kier alpha value is -5.16. The molecule has 11 nitrogen and oxygen atoms in total. The highest BCUT2D eigenvalue weighted by atomic mass is 35.5. The van der Waals surface area contributed by atoms with E-state index in [-0.39, 0.29) is 42.1 Å². The summed E-state index contributed by atoms with van der Waals surface area (Å²) in [7, 11) is 2.87. The van der Waals surface area contributed by atoms with Gasteiger partial charge in [0.2, 0.25) is 23.6 Å². The standard InChI is InChI=1S/C37H33ClN2O9/c1-48-22-16-27(41)31(28(17-22)49-2)32-23-11-12-24-30(35(46)39(33(24)44)14-13-29(42)43)25(23)18-26-34(45)40(21-10-6-9-20(38)15-21)36(47)37(26,32)19-7-4-3-5-8-19/h3-11,15-17,24-26,30,32,41H,12-14,18H2,1-2H3,(H,42,43). The fourth-order valence-electron chi connectivity index (χ4n) is 8.72. The number of methoxy groups -OCH3 is 2. The first kappa shape index (κ1) is 32.4. The summed E-state index contributed by atoms with van der Waals surface area (Å²) in [5.41, 5.74) is 0.0434. The van der Waals surface area contributed by atoms with E-state index in [4.69, 9.17) is 21.1 Å². The molecule has 6 atom stereocenters. The molecule has 2 N–H and O–H groups in total. The molecule has 12 heteroatoms. The molecule has 4 aliphatic rings. The van der Waals surface area contributed by atoms with Crippen molar-refractivity contribution >= 4 is 46.9 Å². The quantitative estimate of drug-likeness (QED) is 0.254. The second-order valence-corrected chi connectivity index (χ2v) is 13.3. The van der Waals surface area contributed by atoms with Crippen LogP contribution in [0.4, 0.5) is 5.69 Å². The third-order valence-electron chi connectivity index (χ3n) is 10.6. The van der Waals surface area contributed by atoms with E-state index in [9.17, 15) is 29.4 Å². The highest BCUT2D eigenvalue weighted by molar-refractivity contribution is 6.32. The van der Waals surface area contributed by atoms with Crippen LogP contribution in [0.1, 0.15) is 36.3 Å². The Bertz CT molecular complexity index is 1940. The Morgan fingerprint density at radius 3 is 2.37 bits per heavy atom. The molecule has 0 radical (unpaired) electrons. The van der Waals surface area contributed by atoms with E-state index in [2.05, 4.69) is 0 Å². The number of rotatable bonds is 8. The number of aliphatic carboxylic acids is 1. The van der Waals surface area contributed by atoms with Crippen molar-refractivity contribution in [1.82, 2.24) is 4.90 Å². The molecule has 2 aliphatic carbocycles. The van der Waals surface area contributed by atoms with Crippen molar-refractivity contribution in [3.8, 4) is 17.2 Å². The molecule has 3 fully saturated rings. The second kappa shape index (κ2) is 12.1. The molecular weight excluding hydrogens is 652 g/mol. The maximum Gasteiger partial charge on any atom is 0.305 e. The maximum absolute atomic E-state index is 15.3. The number of imide groups is 2. The van der Waals surface area contributed by atoms with Crippen LogP contribution in [-0.4, -0.2) is 65.5 Å². The second-order valence-electron chi connectivity index (χ2n) is 12.8. The summed E-state index contributed by atoms with van der Waals surface area (Å²) in [6, 6.07) is 18.4. The summed E-state index contributed by atoms with van der Waals surface area (Å²) in [5, 5.41) is 21.4. The van der Waals surface area contributed by atoms with Crippen LogP contribution in [-0.2, 0) is 29.4 Å². The topological polar surface area (TPSA) is 151 Å². The highest BCUT2D eigenvalue weighted by Gasteiger charge is 2.70. The number of aromatic hydroxyl groups is 1. The monoisotopic (exact) mass is 684 g/mol. The fraction of sp³-hybridized carbons (Fsp3) is 0.324. The molecule has 1 saturated carbocycles. The molecule has 7 rings (SSSR count). The van der Waals surface area contributed by atoms with Gasteiger partial charge in [0.1, 0.15) is 17.2 Å². The Morgan fingerprint density at radius 1 is 0.939 bits per heavy atom. The number of nitrogens with zero attached hydrogens (tertiary/aromatic N) is 2. The largest absolute Gasteiger partial charge is 0.507 e. The number of carbonyl (C=O) groups is 5. The summed E-state index contributed by atoms with van der Waals surface area (Å²) < 4.78 is 11.3. The molecule has 0 bridgehead atoms. The van der Waals surface area contributed by atoms with Gasteiger partial charge in [-0.3, -0.25) is 28.9 Å². The number of phenols is 1. The van der Waals surface area contributed by atoms with Gasteiger partial charge < -0.3 is 19.7 Å². The molecule has 4 amide bonds. The number of phenolic OH excluding ortho intramolecular Hbond substituents is 1. The van der Waals surface area contributed by atoms with E-state index in [0.29, 0.717) is 21.9 Å². The maximum atomic E-state index is 15.3. The number of ether oxygens (including phenoxy) is 2. The highest BCUT2D eigenvalue weighted by Crippen LogP contribution is 2.66. The molecule has 0 spiro atoms. The lowest BCUT2D eigenvalue weighted by molar-refractivity contribution is -0.142. The van der Waals surface area contributed by atoms with Crippen molar-refractivity contribution in [3.05, 3.63) is 94.5 Å². The zero-order valence-electron chi connectivity index (χ0n) is 26.7. The van der Waals surface area contributed by atoms with Gasteiger partial charge in [-0.2, -0.15) is 0 Å².